The molecule has 44 heavy (non-hydrogen) atoms. The molecule has 0 radical (unpaired) electrons. The number of aliphatic hydroxyl groups is 1. The average Bonchev–Trinajstić information content (AvgIpc) is 3.72. The van der Waals surface area contributed by atoms with Crippen molar-refractivity contribution in [2.75, 3.05) is 18.9 Å². The number of carbonyl (C=O) groups excluding carboxylic acids is 1. The maximum atomic E-state index is 13.4. The summed E-state index contributed by atoms with van der Waals surface area (Å²) in [6.07, 6.45) is -4.61. The van der Waals surface area contributed by atoms with Crippen molar-refractivity contribution in [2.45, 2.75) is 67.9 Å². The molecule has 6 unspecified atom stereocenters. The van der Waals surface area contributed by atoms with Crippen molar-refractivity contribution in [2.24, 2.45) is 10.7 Å². The second-order valence-corrected chi connectivity index (χ2v) is 16.3. The number of amides is 1. The molecule has 4 fully saturated rings. The number of hydrogen-bond acceptors (Lipinski definition) is 17. The van der Waals surface area contributed by atoms with Gasteiger partial charge in [-0.25, -0.2) is 14.5 Å². The van der Waals surface area contributed by atoms with Crippen molar-refractivity contribution in [1.29, 1.82) is 0 Å². The van der Waals surface area contributed by atoms with Crippen LogP contribution in [-0.2, 0) is 48.7 Å². The molecule has 5 aliphatic heterocycles. The second-order valence-electron chi connectivity index (χ2n) is 10.7. The van der Waals surface area contributed by atoms with E-state index in [1.807, 2.05) is 0 Å². The molecule has 0 aliphatic carbocycles. The quantitative estimate of drug-likeness (QED) is 0.139. The molecule has 2 aromatic rings. The number of ether oxygens (including phenoxy) is 2. The summed E-state index contributed by atoms with van der Waals surface area (Å²) in [6.45, 7) is -8.84. The van der Waals surface area contributed by atoms with Gasteiger partial charge in [-0.2, -0.15) is 0 Å². The third kappa shape index (κ3) is 5.69. The SMILES string of the molecule is Nc1ncnc2c1ccn2[C@@H]1O[C@@H]2COP(O)(=S)O[C@@H]3CC(COP(=O)(S)O[C@H]2[C@H]1O)O[C@H]3N1C=NC2C(=O)NC(N)NC21. The van der Waals surface area contributed by atoms with Crippen LogP contribution >= 0.6 is 25.8 Å². The molecule has 0 saturated carbocycles. The first kappa shape index (κ1) is 30.8. The number of fused-ring (bicyclic) bond motifs is 5. The molecule has 240 valence electrons. The molecule has 19 nitrogen and oxygen atoms in total. The number of anilines is 1. The Morgan fingerprint density at radius 3 is 2.80 bits per heavy atom. The smallest absolute Gasteiger partial charge is 0.386 e. The minimum Gasteiger partial charge on any atom is -0.386 e. The number of aromatic nitrogens is 3. The highest BCUT2D eigenvalue weighted by Gasteiger charge is 2.53. The molecule has 7 heterocycles. The van der Waals surface area contributed by atoms with E-state index in [-0.39, 0.29) is 24.8 Å². The van der Waals surface area contributed by atoms with Crippen LogP contribution in [0.3, 0.4) is 0 Å². The number of aliphatic imine (C=N–C) groups is 1. The summed E-state index contributed by atoms with van der Waals surface area (Å²) in [5.74, 6) is -0.150. The van der Waals surface area contributed by atoms with Gasteiger partial charge in [-0.05, 0) is 17.9 Å². The Labute approximate surface area is 259 Å². The average molecular weight is 694 g/mol. The van der Waals surface area contributed by atoms with Gasteiger partial charge in [-0.15, -0.1) is 0 Å². The molecule has 4 saturated heterocycles. The second kappa shape index (κ2) is 11.5. The zero-order valence-electron chi connectivity index (χ0n) is 22.5. The first-order valence-electron chi connectivity index (χ1n) is 13.4. The number of nitrogens with zero attached hydrogens (tertiary/aromatic N) is 5. The molecule has 7 rings (SSSR count). The molecule has 5 aliphatic rings. The first-order valence-corrected chi connectivity index (χ1v) is 18.7. The Morgan fingerprint density at radius 2 is 1.98 bits per heavy atom. The molecule has 2 aromatic heterocycles. The van der Waals surface area contributed by atoms with Crippen LogP contribution in [0.5, 0.6) is 0 Å². The van der Waals surface area contributed by atoms with Crippen LogP contribution < -0.4 is 22.1 Å². The van der Waals surface area contributed by atoms with E-state index in [4.69, 9.17) is 50.8 Å². The van der Waals surface area contributed by atoms with Crippen LogP contribution in [0.25, 0.3) is 11.0 Å². The highest BCUT2D eigenvalue weighted by molar-refractivity contribution is 8.44. The molecule has 8 N–H and O–H groups in total. The summed E-state index contributed by atoms with van der Waals surface area (Å²) in [4.78, 5) is 37.6. The normalized spacial score (nSPS) is 44.5. The van der Waals surface area contributed by atoms with E-state index in [1.54, 1.807) is 17.2 Å². The number of rotatable bonds is 2. The topological polar surface area (TPSA) is 252 Å². The van der Waals surface area contributed by atoms with Crippen molar-refractivity contribution >= 4 is 66.7 Å². The molecular weight excluding hydrogens is 664 g/mol. The van der Waals surface area contributed by atoms with Gasteiger partial charge >= 0.3 is 13.5 Å². The van der Waals surface area contributed by atoms with E-state index in [1.165, 1.54) is 17.2 Å². The summed E-state index contributed by atoms with van der Waals surface area (Å²) in [5.41, 5.74) is 12.2. The van der Waals surface area contributed by atoms with Crippen molar-refractivity contribution in [3.05, 3.63) is 18.6 Å². The van der Waals surface area contributed by atoms with E-state index in [0.717, 1.165) is 0 Å². The van der Waals surface area contributed by atoms with Crippen molar-refractivity contribution < 1.29 is 46.9 Å². The summed E-state index contributed by atoms with van der Waals surface area (Å²) in [6, 6.07) is 0.846. The Kier molecular flexibility index (Phi) is 8.03. The van der Waals surface area contributed by atoms with Gasteiger partial charge < -0.3 is 49.0 Å². The molecule has 23 heteroatoms. The number of nitrogen functional groups attached to an aromatic ring is 1. The van der Waals surface area contributed by atoms with Crippen molar-refractivity contribution in [3.8, 4) is 0 Å². The van der Waals surface area contributed by atoms with Crippen LogP contribution in [-0.4, -0.2) is 110 Å². The predicted octanol–water partition coefficient (Wildman–Crippen LogP) is -1.54. The molecule has 0 aromatic carbocycles. The fraction of sp³-hybridized carbons (Fsp3) is 0.619. The highest BCUT2D eigenvalue weighted by Crippen LogP contribution is 2.57. The monoisotopic (exact) mass is 693 g/mol. The minimum absolute atomic E-state index is 0.125. The Bertz CT molecular complexity index is 1590. The predicted molar refractivity (Wildman–Crippen MR) is 157 cm³/mol. The van der Waals surface area contributed by atoms with Gasteiger partial charge in [0.1, 0.15) is 54.7 Å². The van der Waals surface area contributed by atoms with E-state index in [0.29, 0.717) is 11.0 Å². The van der Waals surface area contributed by atoms with E-state index < -0.39 is 81.6 Å². The van der Waals surface area contributed by atoms with Gasteiger partial charge in [0, 0.05) is 12.6 Å². The third-order valence-electron chi connectivity index (χ3n) is 7.81. The highest BCUT2D eigenvalue weighted by atomic mass is 32.7. The summed E-state index contributed by atoms with van der Waals surface area (Å²) in [5, 5.41) is 17.4. The lowest BCUT2D eigenvalue weighted by atomic mass is 10.1. The fourth-order valence-electron chi connectivity index (χ4n) is 5.86. The number of hydrogen-bond donors (Lipinski definition) is 7. The standard InChI is InChI=1S/C21H29N9O10P2S2/c22-15-9-1-2-29(16(9)25-6-24-15)20-13(31)14-11(38-20)5-36-41(33,43)39-10-3-8(4-35-42(34,44)40-14)37-19(10)30-7-26-12-17(30)27-21(23)28-18(12)32/h1-2,6-8,10-14,17,19-21,27,31H,3-5,23H2,(H,28,32)(H,33,43)(H,34,44)(H2,22,24,25)/t8?,10-,11-,12?,13-,14-,17?,19-,20-,21?,41?,42?/m1/s1. The zero-order valence-corrected chi connectivity index (χ0v) is 26.0. The van der Waals surface area contributed by atoms with Gasteiger partial charge in [0.2, 0.25) is 0 Å². The summed E-state index contributed by atoms with van der Waals surface area (Å²) < 4.78 is 50.1. The number of nitrogens with one attached hydrogen (secondary N) is 2. The lowest BCUT2D eigenvalue weighted by Crippen LogP contribution is -2.70. The maximum absolute atomic E-state index is 13.4. The molecule has 2 bridgehead atoms. The third-order valence-corrected chi connectivity index (χ3v) is 11.0. The molecule has 1 amide bonds. The van der Waals surface area contributed by atoms with Crippen LogP contribution in [0, 0.1) is 0 Å². The number of nitrogens with two attached hydrogens (primary N) is 2. The lowest BCUT2D eigenvalue weighted by Gasteiger charge is -2.39. The molecule has 12 atom stereocenters. The number of thiol groups is 1. The minimum atomic E-state index is -4.15. The van der Waals surface area contributed by atoms with Gasteiger partial charge in [-0.1, -0.05) is 12.2 Å². The number of aliphatic hydroxyl groups excluding tert-OH is 1. The first-order chi connectivity index (χ1) is 20.9. The van der Waals surface area contributed by atoms with E-state index in [9.17, 15) is 19.4 Å². The van der Waals surface area contributed by atoms with Gasteiger partial charge in [0.15, 0.2) is 18.5 Å². The van der Waals surface area contributed by atoms with Crippen LogP contribution in [0.4, 0.5) is 5.82 Å². The Morgan fingerprint density at radius 1 is 1.16 bits per heavy atom. The molecule has 0 spiro atoms. The lowest BCUT2D eigenvalue weighted by molar-refractivity contribution is -0.130. The maximum Gasteiger partial charge on any atom is 0.386 e. The summed E-state index contributed by atoms with van der Waals surface area (Å²) >= 11 is 9.47. The Hall–Kier alpha value is -1.81. The zero-order chi connectivity index (χ0) is 31.0. The van der Waals surface area contributed by atoms with Crippen LogP contribution in [0.15, 0.2) is 23.6 Å². The van der Waals surface area contributed by atoms with Crippen LogP contribution in [0.1, 0.15) is 12.6 Å². The number of carbonyl (C=O) groups is 1. The van der Waals surface area contributed by atoms with Gasteiger partial charge in [0.25, 0.3) is 5.91 Å². The Balaban J connectivity index is 1.14. The van der Waals surface area contributed by atoms with Gasteiger partial charge in [-0.3, -0.25) is 29.9 Å². The van der Waals surface area contributed by atoms with E-state index >= 15 is 0 Å². The fourth-order valence-corrected chi connectivity index (χ4v) is 8.82. The van der Waals surface area contributed by atoms with Crippen molar-refractivity contribution in [3.63, 3.8) is 0 Å². The largest absolute Gasteiger partial charge is 0.386 e. The van der Waals surface area contributed by atoms with E-state index in [2.05, 4.69) is 37.8 Å². The van der Waals surface area contributed by atoms with Crippen molar-refractivity contribution in [1.82, 2.24) is 30.1 Å². The van der Waals surface area contributed by atoms with Crippen LogP contribution in [0.2, 0.25) is 0 Å². The van der Waals surface area contributed by atoms with Gasteiger partial charge in [0.05, 0.1) is 31.0 Å². The molecular formula is C21H29N9O10P2S2. The summed E-state index contributed by atoms with van der Waals surface area (Å²) in [7, 11) is 0.